The minimum absolute atomic E-state index is 0.649. The molecule has 70 valence electrons. The molecule has 0 spiro atoms. The molecule has 12 heavy (non-hydrogen) atoms. The van der Waals surface area contributed by atoms with Gasteiger partial charge in [0.25, 0.3) is 0 Å². The third-order valence-corrected chi connectivity index (χ3v) is 2.28. The maximum atomic E-state index is 3.49. The van der Waals surface area contributed by atoms with E-state index in [1.165, 1.54) is 25.8 Å². The van der Waals surface area contributed by atoms with E-state index < -0.39 is 0 Å². The van der Waals surface area contributed by atoms with Crippen molar-refractivity contribution in [2.45, 2.75) is 31.7 Å². The van der Waals surface area contributed by atoms with Gasteiger partial charge >= 0.3 is 0 Å². The molecule has 2 nitrogen and oxygen atoms in total. The highest BCUT2D eigenvalue weighted by atomic mass is 14.9. The van der Waals surface area contributed by atoms with Gasteiger partial charge in [-0.3, -0.25) is 0 Å². The summed E-state index contributed by atoms with van der Waals surface area (Å²) in [5.74, 6) is 0. The average Bonchev–Trinajstić information content (AvgIpc) is 2.14. The van der Waals surface area contributed by atoms with Gasteiger partial charge in [-0.1, -0.05) is 18.6 Å². The highest BCUT2D eigenvalue weighted by Crippen LogP contribution is 2.07. The molecule has 0 aromatic carbocycles. The molecule has 0 aromatic heterocycles. The van der Waals surface area contributed by atoms with E-state index in [1.54, 1.807) is 0 Å². The lowest BCUT2D eigenvalue weighted by Gasteiger charge is -2.19. The number of hydrogen-bond donors (Lipinski definition) is 2. The molecule has 1 aliphatic rings. The molecule has 1 unspecified atom stereocenters. The lowest BCUT2D eigenvalue weighted by molar-refractivity contribution is 0.454. The first-order valence-electron chi connectivity index (χ1n) is 4.98. The second kappa shape index (κ2) is 6.21. The molecular formula is C10H20N2. The van der Waals surface area contributed by atoms with Gasteiger partial charge in [-0.15, -0.1) is 0 Å². The molecule has 1 rings (SSSR count). The number of rotatable bonds is 4. The molecule has 0 bridgehead atoms. The predicted molar refractivity (Wildman–Crippen MR) is 53.3 cm³/mol. The van der Waals surface area contributed by atoms with Crippen molar-refractivity contribution in [3.8, 4) is 0 Å². The normalized spacial score (nSPS) is 24.9. The average molecular weight is 168 g/mol. The molecule has 1 saturated heterocycles. The zero-order valence-electron chi connectivity index (χ0n) is 7.97. The summed E-state index contributed by atoms with van der Waals surface area (Å²) in [7, 11) is 1.99. The first kappa shape index (κ1) is 9.75. The summed E-state index contributed by atoms with van der Waals surface area (Å²) in [6, 6.07) is 0.649. The Bertz CT molecular complexity index is 126. The summed E-state index contributed by atoms with van der Waals surface area (Å²) in [4.78, 5) is 0. The second-order valence-electron chi connectivity index (χ2n) is 3.38. The van der Waals surface area contributed by atoms with Crippen molar-refractivity contribution in [2.24, 2.45) is 0 Å². The van der Waals surface area contributed by atoms with E-state index in [0.29, 0.717) is 6.04 Å². The van der Waals surface area contributed by atoms with Crippen LogP contribution in [-0.4, -0.2) is 26.2 Å². The fourth-order valence-corrected chi connectivity index (χ4v) is 1.53. The van der Waals surface area contributed by atoms with Crippen LogP contribution in [0.25, 0.3) is 0 Å². The largest absolute Gasteiger partial charge is 0.319 e. The molecule has 1 heterocycles. The molecule has 0 saturated carbocycles. The SMILES string of the molecule is CNCC/C=C\C1CCCCN1. The first-order chi connectivity index (χ1) is 5.93. The smallest absolute Gasteiger partial charge is 0.0250 e. The zero-order valence-corrected chi connectivity index (χ0v) is 7.97. The standard InChI is InChI=1S/C10H20N2/c1-11-8-4-2-6-10-7-3-5-9-12-10/h2,6,10-12H,3-5,7-9H2,1H3/b6-2-. The first-order valence-corrected chi connectivity index (χ1v) is 4.98. The lowest BCUT2D eigenvalue weighted by Crippen LogP contribution is -2.32. The topological polar surface area (TPSA) is 24.1 Å². The monoisotopic (exact) mass is 168 g/mol. The van der Waals surface area contributed by atoms with Gasteiger partial charge in [0.05, 0.1) is 0 Å². The number of hydrogen-bond acceptors (Lipinski definition) is 2. The Morgan fingerprint density at radius 1 is 1.50 bits per heavy atom. The molecule has 0 amide bonds. The van der Waals surface area contributed by atoms with Gasteiger partial charge in [0.2, 0.25) is 0 Å². The van der Waals surface area contributed by atoms with E-state index >= 15 is 0 Å². The molecule has 0 radical (unpaired) electrons. The molecule has 1 fully saturated rings. The maximum Gasteiger partial charge on any atom is 0.0250 e. The van der Waals surface area contributed by atoms with E-state index in [4.69, 9.17) is 0 Å². The van der Waals surface area contributed by atoms with Crippen molar-refractivity contribution in [2.75, 3.05) is 20.1 Å². The van der Waals surface area contributed by atoms with Crippen LogP contribution in [0.1, 0.15) is 25.7 Å². The summed E-state index contributed by atoms with van der Waals surface area (Å²) in [5, 5.41) is 6.62. The third kappa shape index (κ3) is 3.88. The van der Waals surface area contributed by atoms with Gasteiger partial charge in [-0.25, -0.2) is 0 Å². The summed E-state index contributed by atoms with van der Waals surface area (Å²) in [6.45, 7) is 2.28. The Morgan fingerprint density at radius 3 is 3.08 bits per heavy atom. The van der Waals surface area contributed by atoms with Crippen molar-refractivity contribution >= 4 is 0 Å². The Hall–Kier alpha value is -0.340. The quantitative estimate of drug-likeness (QED) is 0.488. The summed E-state index contributed by atoms with van der Waals surface area (Å²) in [6.07, 6.45) is 9.79. The van der Waals surface area contributed by atoms with E-state index in [9.17, 15) is 0 Å². The fourth-order valence-electron chi connectivity index (χ4n) is 1.53. The van der Waals surface area contributed by atoms with Crippen molar-refractivity contribution in [3.63, 3.8) is 0 Å². The van der Waals surface area contributed by atoms with Crippen molar-refractivity contribution in [3.05, 3.63) is 12.2 Å². The van der Waals surface area contributed by atoms with Crippen LogP contribution in [-0.2, 0) is 0 Å². The van der Waals surface area contributed by atoms with E-state index in [2.05, 4.69) is 22.8 Å². The van der Waals surface area contributed by atoms with Gasteiger partial charge < -0.3 is 10.6 Å². The molecule has 1 atom stereocenters. The van der Waals surface area contributed by atoms with Gasteiger partial charge in [0, 0.05) is 6.04 Å². The number of nitrogens with one attached hydrogen (secondary N) is 2. The van der Waals surface area contributed by atoms with Crippen LogP contribution in [0, 0.1) is 0 Å². The minimum Gasteiger partial charge on any atom is -0.319 e. The van der Waals surface area contributed by atoms with Gasteiger partial charge in [0.1, 0.15) is 0 Å². The molecule has 1 aliphatic heterocycles. The Balaban J connectivity index is 2.07. The summed E-state index contributed by atoms with van der Waals surface area (Å²) < 4.78 is 0. The predicted octanol–water partition coefficient (Wildman–Crippen LogP) is 1.29. The summed E-state index contributed by atoms with van der Waals surface area (Å²) in [5.41, 5.74) is 0. The van der Waals surface area contributed by atoms with E-state index in [1.807, 2.05) is 7.05 Å². The van der Waals surface area contributed by atoms with Crippen LogP contribution in [0.15, 0.2) is 12.2 Å². The fraction of sp³-hybridized carbons (Fsp3) is 0.800. The van der Waals surface area contributed by atoms with Crippen LogP contribution < -0.4 is 10.6 Å². The highest BCUT2D eigenvalue weighted by molar-refractivity contribution is 4.94. The van der Waals surface area contributed by atoms with Crippen LogP contribution in [0.5, 0.6) is 0 Å². The zero-order chi connectivity index (χ0) is 8.65. The van der Waals surface area contributed by atoms with Crippen molar-refractivity contribution in [1.82, 2.24) is 10.6 Å². The van der Waals surface area contributed by atoms with Crippen LogP contribution in [0.3, 0.4) is 0 Å². The third-order valence-electron chi connectivity index (χ3n) is 2.28. The molecule has 0 aliphatic carbocycles. The summed E-state index contributed by atoms with van der Waals surface area (Å²) >= 11 is 0. The second-order valence-corrected chi connectivity index (χ2v) is 3.38. The number of piperidine rings is 1. The minimum atomic E-state index is 0.649. The Labute approximate surface area is 75.4 Å². The van der Waals surface area contributed by atoms with E-state index in [-0.39, 0.29) is 0 Å². The Morgan fingerprint density at radius 2 is 2.42 bits per heavy atom. The van der Waals surface area contributed by atoms with Crippen molar-refractivity contribution < 1.29 is 0 Å². The highest BCUT2D eigenvalue weighted by Gasteiger charge is 2.07. The molecule has 2 heteroatoms. The maximum absolute atomic E-state index is 3.49. The molecular weight excluding hydrogens is 148 g/mol. The molecule has 2 N–H and O–H groups in total. The van der Waals surface area contributed by atoms with Gasteiger partial charge in [-0.05, 0) is 39.4 Å². The van der Waals surface area contributed by atoms with Crippen molar-refractivity contribution in [1.29, 1.82) is 0 Å². The Kier molecular flexibility index (Phi) is 5.04. The van der Waals surface area contributed by atoms with Crippen LogP contribution in [0.2, 0.25) is 0 Å². The lowest BCUT2D eigenvalue weighted by atomic mass is 10.0. The van der Waals surface area contributed by atoms with Gasteiger partial charge in [-0.2, -0.15) is 0 Å². The van der Waals surface area contributed by atoms with Crippen LogP contribution in [0.4, 0.5) is 0 Å². The van der Waals surface area contributed by atoms with E-state index in [0.717, 1.165) is 13.0 Å². The van der Waals surface area contributed by atoms with Crippen LogP contribution >= 0.6 is 0 Å². The van der Waals surface area contributed by atoms with Gasteiger partial charge in [0.15, 0.2) is 0 Å². The molecule has 0 aromatic rings.